The largest absolute Gasteiger partial charge is 0.495 e. The Morgan fingerprint density at radius 2 is 1.69 bits per heavy atom. The number of nitrogens with one attached hydrogen (secondary N) is 2. The van der Waals surface area contributed by atoms with Gasteiger partial charge in [0, 0.05) is 31.3 Å². The second-order valence-electron chi connectivity index (χ2n) is 6.62. The molecule has 1 heterocycles. The van der Waals surface area contributed by atoms with E-state index in [1.807, 2.05) is 18.2 Å². The summed E-state index contributed by atoms with van der Waals surface area (Å²) in [7, 11) is 1.46. The summed E-state index contributed by atoms with van der Waals surface area (Å²) in [4.78, 5) is 36.6. The van der Waals surface area contributed by atoms with E-state index >= 15 is 0 Å². The van der Waals surface area contributed by atoms with Crippen LogP contribution in [0.1, 0.15) is 24.2 Å². The molecule has 150 valence electrons. The summed E-state index contributed by atoms with van der Waals surface area (Å²) in [6.45, 7) is 2.93. The van der Waals surface area contributed by atoms with E-state index in [0.29, 0.717) is 22.7 Å². The Morgan fingerprint density at radius 1 is 1.03 bits per heavy atom. The molecule has 0 spiro atoms. The molecular weight excluding hydrogens is 376 g/mol. The van der Waals surface area contributed by atoms with E-state index < -0.39 is 17.7 Å². The normalized spacial score (nSPS) is 15.1. The Kier molecular flexibility index (Phi) is 5.54. The SMILES string of the molecule is COc1ccc(C(=O)Nc2ccccc2)cc1NC=C1C(=O)OC(C)(C)OC1=O. The molecule has 2 aromatic carbocycles. The fraction of sp³-hybridized carbons (Fsp3) is 0.190. The van der Waals surface area contributed by atoms with Crippen LogP contribution in [0.25, 0.3) is 0 Å². The maximum Gasteiger partial charge on any atom is 0.350 e. The molecule has 3 rings (SSSR count). The van der Waals surface area contributed by atoms with Crippen molar-refractivity contribution in [1.29, 1.82) is 0 Å². The third-order valence-corrected chi connectivity index (χ3v) is 3.98. The first kappa shape index (κ1) is 19.9. The molecule has 29 heavy (non-hydrogen) atoms. The predicted molar refractivity (Wildman–Crippen MR) is 105 cm³/mol. The van der Waals surface area contributed by atoms with Gasteiger partial charge in [-0.1, -0.05) is 18.2 Å². The Bertz CT molecular complexity index is 960. The fourth-order valence-electron chi connectivity index (χ4n) is 2.62. The average molecular weight is 396 g/mol. The number of amides is 1. The summed E-state index contributed by atoms with van der Waals surface area (Å²) in [6, 6.07) is 13.7. The Balaban J connectivity index is 1.82. The van der Waals surface area contributed by atoms with Crippen molar-refractivity contribution in [3.05, 3.63) is 65.9 Å². The zero-order valence-corrected chi connectivity index (χ0v) is 16.1. The van der Waals surface area contributed by atoms with Crippen molar-refractivity contribution in [1.82, 2.24) is 0 Å². The van der Waals surface area contributed by atoms with Crippen molar-refractivity contribution in [2.24, 2.45) is 0 Å². The molecule has 2 aromatic rings. The van der Waals surface area contributed by atoms with Crippen LogP contribution in [0.3, 0.4) is 0 Å². The van der Waals surface area contributed by atoms with Crippen LogP contribution in [-0.4, -0.2) is 30.7 Å². The van der Waals surface area contributed by atoms with Crippen LogP contribution in [0.4, 0.5) is 11.4 Å². The number of carbonyl (C=O) groups excluding carboxylic acids is 3. The number of cyclic esters (lactones) is 2. The topological polar surface area (TPSA) is 103 Å². The molecule has 0 saturated carbocycles. The summed E-state index contributed by atoms with van der Waals surface area (Å²) in [5.74, 6) is -2.85. The molecule has 0 aliphatic carbocycles. The van der Waals surface area contributed by atoms with E-state index in [1.165, 1.54) is 27.0 Å². The number of benzene rings is 2. The van der Waals surface area contributed by atoms with E-state index in [9.17, 15) is 14.4 Å². The summed E-state index contributed by atoms with van der Waals surface area (Å²) in [5.41, 5.74) is 1.09. The molecule has 0 atom stereocenters. The lowest BCUT2D eigenvalue weighted by Crippen LogP contribution is -2.42. The maximum atomic E-state index is 12.5. The van der Waals surface area contributed by atoms with Gasteiger partial charge in [0.1, 0.15) is 5.75 Å². The van der Waals surface area contributed by atoms with Gasteiger partial charge < -0.3 is 24.8 Å². The highest BCUT2D eigenvalue weighted by molar-refractivity contribution is 6.15. The molecule has 0 unspecified atom stereocenters. The van der Waals surface area contributed by atoms with Crippen LogP contribution in [0.2, 0.25) is 0 Å². The van der Waals surface area contributed by atoms with Gasteiger partial charge in [-0.25, -0.2) is 9.59 Å². The molecule has 0 aromatic heterocycles. The van der Waals surface area contributed by atoms with Gasteiger partial charge in [-0.15, -0.1) is 0 Å². The zero-order chi connectivity index (χ0) is 21.0. The molecule has 0 radical (unpaired) electrons. The maximum absolute atomic E-state index is 12.5. The van der Waals surface area contributed by atoms with Crippen molar-refractivity contribution in [3.8, 4) is 5.75 Å². The quantitative estimate of drug-likeness (QED) is 0.455. The van der Waals surface area contributed by atoms with Crippen LogP contribution in [0, 0.1) is 0 Å². The summed E-state index contributed by atoms with van der Waals surface area (Å²) in [6.07, 6.45) is 1.16. The second kappa shape index (κ2) is 8.05. The first-order valence-corrected chi connectivity index (χ1v) is 8.77. The minimum absolute atomic E-state index is 0.300. The van der Waals surface area contributed by atoms with Gasteiger partial charge in [-0.05, 0) is 30.3 Å². The number of ether oxygens (including phenoxy) is 3. The Labute approximate surface area is 167 Å². The molecule has 1 saturated heterocycles. The smallest absolute Gasteiger partial charge is 0.350 e. The number of rotatable bonds is 5. The molecule has 1 fully saturated rings. The first-order valence-electron chi connectivity index (χ1n) is 8.77. The molecule has 1 amide bonds. The lowest BCUT2D eigenvalue weighted by Gasteiger charge is -2.29. The summed E-state index contributed by atoms with van der Waals surface area (Å²) < 4.78 is 15.4. The van der Waals surface area contributed by atoms with Gasteiger partial charge in [0.25, 0.3) is 11.7 Å². The molecule has 0 bridgehead atoms. The van der Waals surface area contributed by atoms with E-state index in [4.69, 9.17) is 14.2 Å². The number of carbonyl (C=O) groups is 3. The van der Waals surface area contributed by atoms with E-state index in [0.717, 1.165) is 6.20 Å². The first-order chi connectivity index (χ1) is 13.8. The van der Waals surface area contributed by atoms with Gasteiger partial charge in [0.2, 0.25) is 0 Å². The van der Waals surface area contributed by atoms with Crippen molar-refractivity contribution in [3.63, 3.8) is 0 Å². The van der Waals surface area contributed by atoms with Gasteiger partial charge in [0.05, 0.1) is 12.8 Å². The molecular formula is C21H20N2O6. The molecule has 1 aliphatic rings. The van der Waals surface area contributed by atoms with Crippen molar-refractivity contribution in [2.75, 3.05) is 17.7 Å². The number of esters is 2. The number of para-hydroxylation sites is 1. The summed E-state index contributed by atoms with van der Waals surface area (Å²) >= 11 is 0. The Hall–Kier alpha value is -3.81. The Morgan fingerprint density at radius 3 is 2.31 bits per heavy atom. The zero-order valence-electron chi connectivity index (χ0n) is 16.1. The van der Waals surface area contributed by atoms with Gasteiger partial charge in [-0.3, -0.25) is 4.79 Å². The third-order valence-electron chi connectivity index (χ3n) is 3.98. The minimum Gasteiger partial charge on any atom is -0.495 e. The number of anilines is 2. The lowest BCUT2D eigenvalue weighted by molar-refractivity contribution is -0.222. The standard InChI is InChI=1S/C21H20N2O6/c1-21(2)28-19(25)15(20(26)29-21)12-22-16-11-13(9-10-17(16)27-3)18(24)23-14-7-5-4-6-8-14/h4-12,22H,1-3H3,(H,23,24). The minimum atomic E-state index is -1.32. The van der Waals surface area contributed by atoms with Crippen LogP contribution in [-0.2, 0) is 19.1 Å². The highest BCUT2D eigenvalue weighted by Crippen LogP contribution is 2.28. The molecule has 8 heteroatoms. The van der Waals surface area contributed by atoms with Gasteiger partial charge in [0.15, 0.2) is 5.57 Å². The second-order valence-corrected chi connectivity index (χ2v) is 6.62. The van der Waals surface area contributed by atoms with Gasteiger partial charge in [-0.2, -0.15) is 0 Å². The number of hydrogen-bond donors (Lipinski definition) is 2. The van der Waals surface area contributed by atoms with E-state index in [2.05, 4.69) is 10.6 Å². The van der Waals surface area contributed by atoms with E-state index in [-0.39, 0.29) is 11.5 Å². The lowest BCUT2D eigenvalue weighted by atomic mass is 10.1. The van der Waals surface area contributed by atoms with Gasteiger partial charge >= 0.3 is 11.9 Å². The highest BCUT2D eigenvalue weighted by atomic mass is 16.7. The monoisotopic (exact) mass is 396 g/mol. The van der Waals surface area contributed by atoms with Crippen molar-refractivity contribution >= 4 is 29.2 Å². The van der Waals surface area contributed by atoms with Crippen molar-refractivity contribution < 1.29 is 28.6 Å². The number of methoxy groups -OCH3 is 1. The van der Waals surface area contributed by atoms with Crippen LogP contribution < -0.4 is 15.4 Å². The molecule has 1 aliphatic heterocycles. The predicted octanol–water partition coefficient (Wildman–Crippen LogP) is 3.08. The molecule has 8 nitrogen and oxygen atoms in total. The number of hydrogen-bond acceptors (Lipinski definition) is 7. The highest BCUT2D eigenvalue weighted by Gasteiger charge is 2.39. The van der Waals surface area contributed by atoms with E-state index in [1.54, 1.807) is 24.3 Å². The summed E-state index contributed by atoms with van der Waals surface area (Å²) in [5, 5.41) is 5.59. The fourth-order valence-corrected chi connectivity index (χ4v) is 2.62. The molecule has 2 N–H and O–H groups in total. The third kappa shape index (κ3) is 4.73. The van der Waals surface area contributed by atoms with Crippen molar-refractivity contribution in [2.45, 2.75) is 19.6 Å². The van der Waals surface area contributed by atoms with Crippen LogP contribution >= 0.6 is 0 Å². The van der Waals surface area contributed by atoms with Crippen LogP contribution in [0.15, 0.2) is 60.3 Å². The average Bonchev–Trinajstić information content (AvgIpc) is 2.67. The van der Waals surface area contributed by atoms with Crippen LogP contribution in [0.5, 0.6) is 5.75 Å².